The van der Waals surface area contributed by atoms with E-state index in [1.54, 1.807) is 0 Å². The topological polar surface area (TPSA) is 67.4 Å². The van der Waals surface area contributed by atoms with Gasteiger partial charge >= 0.3 is 12.0 Å². The summed E-state index contributed by atoms with van der Waals surface area (Å²) < 4.78 is 4.76. The lowest BCUT2D eigenvalue weighted by Gasteiger charge is -2.22. The van der Waals surface area contributed by atoms with Crippen LogP contribution in [0.5, 0.6) is 0 Å². The van der Waals surface area contributed by atoms with Gasteiger partial charge < -0.3 is 15.4 Å². The first-order chi connectivity index (χ1) is 12.5. The van der Waals surface area contributed by atoms with Gasteiger partial charge in [-0.2, -0.15) is 0 Å². The number of benzene rings is 2. The van der Waals surface area contributed by atoms with Gasteiger partial charge in [0.2, 0.25) is 0 Å². The normalized spacial score (nSPS) is 11.9. The zero-order valence-electron chi connectivity index (χ0n) is 15.4. The number of amides is 2. The molecule has 0 radical (unpaired) electrons. The van der Waals surface area contributed by atoms with E-state index in [0.717, 1.165) is 11.1 Å². The third-order valence-corrected chi connectivity index (χ3v) is 4.28. The van der Waals surface area contributed by atoms with E-state index in [9.17, 15) is 9.59 Å². The van der Waals surface area contributed by atoms with Crippen molar-refractivity contribution in [1.82, 2.24) is 10.6 Å². The van der Waals surface area contributed by atoms with Gasteiger partial charge in [0.05, 0.1) is 7.11 Å². The second-order valence-electron chi connectivity index (χ2n) is 6.47. The molecule has 0 aliphatic heterocycles. The zero-order chi connectivity index (χ0) is 18.9. The van der Waals surface area contributed by atoms with Gasteiger partial charge in [-0.1, -0.05) is 74.5 Å². The molecule has 2 aromatic carbocycles. The summed E-state index contributed by atoms with van der Waals surface area (Å²) in [6.45, 7) is 4.14. The van der Waals surface area contributed by atoms with Gasteiger partial charge in [0.1, 0.15) is 6.04 Å². The standard InChI is InChI=1S/C21H26N2O3/c1-15(2)19(20(24)26-3)23-21(25)22-14-18(16-10-6-4-7-11-16)17-12-8-5-9-13-17/h4-13,15,18-19H,14H2,1-3H3,(H2,22,23,25)/t19-/m0/s1. The van der Waals surface area contributed by atoms with Crippen molar-refractivity contribution in [3.8, 4) is 0 Å². The predicted molar refractivity (Wildman–Crippen MR) is 102 cm³/mol. The zero-order valence-corrected chi connectivity index (χ0v) is 15.4. The second-order valence-corrected chi connectivity index (χ2v) is 6.47. The molecule has 2 aromatic rings. The van der Waals surface area contributed by atoms with E-state index >= 15 is 0 Å². The highest BCUT2D eigenvalue weighted by Gasteiger charge is 2.25. The molecule has 0 spiro atoms. The molecule has 2 rings (SSSR count). The molecule has 0 aromatic heterocycles. The van der Waals surface area contributed by atoms with Crippen molar-refractivity contribution in [2.24, 2.45) is 5.92 Å². The minimum absolute atomic E-state index is 0.0266. The number of rotatable bonds is 7. The minimum atomic E-state index is -0.674. The maximum Gasteiger partial charge on any atom is 0.328 e. The fourth-order valence-corrected chi connectivity index (χ4v) is 2.81. The second kappa shape index (κ2) is 9.61. The first-order valence-corrected chi connectivity index (χ1v) is 8.75. The lowest BCUT2D eigenvalue weighted by molar-refractivity contribution is -0.143. The van der Waals surface area contributed by atoms with Crippen molar-refractivity contribution in [1.29, 1.82) is 0 Å². The summed E-state index contributed by atoms with van der Waals surface area (Å²) in [5, 5.41) is 5.59. The maximum absolute atomic E-state index is 12.3. The van der Waals surface area contributed by atoms with E-state index in [0.29, 0.717) is 6.54 Å². The number of esters is 1. The largest absolute Gasteiger partial charge is 0.467 e. The Bertz CT molecular complexity index is 662. The Morgan fingerprint density at radius 2 is 1.42 bits per heavy atom. The monoisotopic (exact) mass is 354 g/mol. The molecule has 1 atom stereocenters. The quantitative estimate of drug-likeness (QED) is 0.750. The molecule has 0 saturated carbocycles. The van der Waals surface area contributed by atoms with Gasteiger partial charge in [-0.15, -0.1) is 0 Å². The van der Waals surface area contributed by atoms with Crippen LogP contribution in [0.15, 0.2) is 60.7 Å². The number of urea groups is 1. The van der Waals surface area contributed by atoms with Crippen molar-refractivity contribution in [2.75, 3.05) is 13.7 Å². The Kier molecular flexibility index (Phi) is 7.21. The van der Waals surface area contributed by atoms with Crippen LogP contribution in [-0.2, 0) is 9.53 Å². The van der Waals surface area contributed by atoms with Crippen LogP contribution >= 0.6 is 0 Å². The Labute approximate surface area is 154 Å². The SMILES string of the molecule is COC(=O)[C@@H](NC(=O)NCC(c1ccccc1)c1ccccc1)C(C)C. The van der Waals surface area contributed by atoms with Crippen molar-refractivity contribution >= 4 is 12.0 Å². The number of nitrogens with one attached hydrogen (secondary N) is 2. The highest BCUT2D eigenvalue weighted by molar-refractivity contribution is 5.83. The van der Waals surface area contributed by atoms with Gasteiger partial charge in [0.25, 0.3) is 0 Å². The number of ether oxygens (including phenoxy) is 1. The van der Waals surface area contributed by atoms with Crippen LogP contribution in [0.4, 0.5) is 4.79 Å². The molecule has 0 fully saturated rings. The van der Waals surface area contributed by atoms with Crippen LogP contribution in [0.1, 0.15) is 30.9 Å². The molecule has 0 aliphatic carbocycles. The summed E-state index contributed by atoms with van der Waals surface area (Å²) in [5.41, 5.74) is 2.24. The fourth-order valence-electron chi connectivity index (χ4n) is 2.81. The summed E-state index contributed by atoms with van der Waals surface area (Å²) in [6, 6.07) is 19.0. The summed E-state index contributed by atoms with van der Waals surface area (Å²) in [6.07, 6.45) is 0. The third kappa shape index (κ3) is 5.34. The summed E-state index contributed by atoms with van der Waals surface area (Å²) >= 11 is 0. The molecule has 138 valence electrons. The summed E-state index contributed by atoms with van der Waals surface area (Å²) in [7, 11) is 1.32. The molecule has 0 heterocycles. The Morgan fingerprint density at radius 1 is 0.923 bits per heavy atom. The third-order valence-electron chi connectivity index (χ3n) is 4.28. The van der Waals surface area contributed by atoms with E-state index < -0.39 is 12.0 Å². The molecule has 5 heteroatoms. The molecular weight excluding hydrogens is 328 g/mol. The van der Waals surface area contributed by atoms with Crippen molar-refractivity contribution < 1.29 is 14.3 Å². The molecule has 5 nitrogen and oxygen atoms in total. The van der Waals surface area contributed by atoms with Gasteiger partial charge in [0.15, 0.2) is 0 Å². The molecule has 0 unspecified atom stereocenters. The number of hydrogen-bond donors (Lipinski definition) is 2. The Morgan fingerprint density at radius 3 is 1.85 bits per heavy atom. The highest BCUT2D eigenvalue weighted by atomic mass is 16.5. The average molecular weight is 354 g/mol. The van der Waals surface area contributed by atoms with Gasteiger partial charge in [0, 0.05) is 12.5 Å². The first kappa shape index (κ1) is 19.5. The highest BCUT2D eigenvalue weighted by Crippen LogP contribution is 2.23. The van der Waals surface area contributed by atoms with Crippen molar-refractivity contribution in [2.45, 2.75) is 25.8 Å². The number of methoxy groups -OCH3 is 1. The molecule has 0 saturated heterocycles. The van der Waals surface area contributed by atoms with Crippen LogP contribution < -0.4 is 10.6 Å². The van der Waals surface area contributed by atoms with E-state index in [4.69, 9.17) is 4.74 Å². The van der Waals surface area contributed by atoms with Gasteiger partial charge in [-0.05, 0) is 17.0 Å². The van der Waals surface area contributed by atoms with Crippen molar-refractivity contribution in [3.63, 3.8) is 0 Å². The lowest BCUT2D eigenvalue weighted by Crippen LogP contribution is -2.49. The molecule has 2 N–H and O–H groups in total. The summed E-state index contributed by atoms with van der Waals surface area (Å²) in [5.74, 6) is -0.483. The molecule has 0 bridgehead atoms. The number of carbonyl (C=O) groups is 2. The van der Waals surface area contributed by atoms with Crippen LogP contribution in [0.2, 0.25) is 0 Å². The Hall–Kier alpha value is -2.82. The minimum Gasteiger partial charge on any atom is -0.467 e. The predicted octanol–water partition coefficient (Wildman–Crippen LogP) is 3.32. The average Bonchev–Trinajstić information content (AvgIpc) is 2.67. The van der Waals surface area contributed by atoms with Gasteiger partial charge in [-0.3, -0.25) is 0 Å². The van der Waals surface area contributed by atoms with Gasteiger partial charge in [-0.25, -0.2) is 9.59 Å². The van der Waals surface area contributed by atoms with Crippen LogP contribution in [0, 0.1) is 5.92 Å². The van der Waals surface area contributed by atoms with Crippen LogP contribution in [0.3, 0.4) is 0 Å². The van der Waals surface area contributed by atoms with E-state index in [-0.39, 0.29) is 17.9 Å². The van der Waals surface area contributed by atoms with Crippen molar-refractivity contribution in [3.05, 3.63) is 71.8 Å². The summed E-state index contributed by atoms with van der Waals surface area (Å²) in [4.78, 5) is 24.1. The molecule has 0 aliphatic rings. The van der Waals surface area contributed by atoms with Crippen LogP contribution in [0.25, 0.3) is 0 Å². The number of hydrogen-bond acceptors (Lipinski definition) is 3. The molecule has 2 amide bonds. The number of carbonyl (C=O) groups excluding carboxylic acids is 2. The van der Waals surface area contributed by atoms with E-state index in [2.05, 4.69) is 10.6 Å². The first-order valence-electron chi connectivity index (χ1n) is 8.75. The molecular formula is C21H26N2O3. The van der Waals surface area contributed by atoms with Crippen LogP contribution in [-0.4, -0.2) is 31.7 Å². The smallest absolute Gasteiger partial charge is 0.328 e. The Balaban J connectivity index is 2.07. The fraction of sp³-hybridized carbons (Fsp3) is 0.333. The van der Waals surface area contributed by atoms with E-state index in [1.165, 1.54) is 7.11 Å². The van der Waals surface area contributed by atoms with E-state index in [1.807, 2.05) is 74.5 Å². The maximum atomic E-state index is 12.3. The lowest BCUT2D eigenvalue weighted by atomic mass is 9.91. The molecule has 26 heavy (non-hydrogen) atoms.